The molecule has 0 bridgehead atoms. The van der Waals surface area contributed by atoms with Crippen LogP contribution in [0.4, 0.5) is 0 Å². The molecule has 0 saturated carbocycles. The number of hydrogen-bond acceptors (Lipinski definition) is 12. The molecule has 12 nitrogen and oxygen atoms in total. The van der Waals surface area contributed by atoms with Gasteiger partial charge in [-0.15, -0.1) is 0 Å². The number of rotatable bonds is 13. The fraction of sp³-hybridized carbons (Fsp3) is 0.615. The third kappa shape index (κ3) is 9.82. The molecule has 12 heteroatoms. The second-order valence-corrected chi connectivity index (χ2v) is 8.62. The molecule has 1 aliphatic heterocycles. The molecule has 1 saturated heterocycles. The van der Waals surface area contributed by atoms with E-state index in [-0.39, 0.29) is 13.2 Å². The van der Waals surface area contributed by atoms with Gasteiger partial charge >= 0.3 is 23.9 Å². The molecule has 1 heterocycles. The topological polar surface area (TPSA) is 142 Å². The van der Waals surface area contributed by atoms with Crippen LogP contribution in [0.1, 0.15) is 46.1 Å². The Hall–Kier alpha value is -3.38. The highest BCUT2D eigenvalue weighted by Gasteiger charge is 2.52. The highest BCUT2D eigenvalue weighted by Crippen LogP contribution is 2.30. The van der Waals surface area contributed by atoms with E-state index in [1.807, 2.05) is 12.1 Å². The van der Waals surface area contributed by atoms with Gasteiger partial charge in [0.25, 0.3) is 0 Å². The summed E-state index contributed by atoms with van der Waals surface area (Å²) >= 11 is 0. The molecule has 0 aliphatic carbocycles. The Bertz CT molecular complexity index is 939. The average Bonchev–Trinajstić information content (AvgIpc) is 2.84. The fourth-order valence-corrected chi connectivity index (χ4v) is 3.96. The van der Waals surface area contributed by atoms with Crippen LogP contribution >= 0.6 is 0 Å². The first-order chi connectivity index (χ1) is 18.0. The molecule has 212 valence electrons. The molecule has 5 unspecified atom stereocenters. The van der Waals surface area contributed by atoms with E-state index >= 15 is 0 Å². The van der Waals surface area contributed by atoms with E-state index in [4.69, 9.17) is 37.9 Å². The lowest BCUT2D eigenvalue weighted by molar-refractivity contribution is -0.308. The number of methoxy groups -OCH3 is 2. The second kappa shape index (κ2) is 15.1. The van der Waals surface area contributed by atoms with Crippen molar-refractivity contribution < 1.29 is 57.1 Å². The molecule has 0 radical (unpaired) electrons. The maximum absolute atomic E-state index is 11.9. The summed E-state index contributed by atoms with van der Waals surface area (Å²) in [6.45, 7) is 4.60. The molecule has 0 N–H and O–H groups in total. The molecule has 1 aromatic carbocycles. The molecule has 0 amide bonds. The molecule has 0 spiro atoms. The van der Waals surface area contributed by atoms with Crippen LogP contribution in [0.3, 0.4) is 0 Å². The van der Waals surface area contributed by atoms with Gasteiger partial charge in [0, 0.05) is 40.4 Å². The monoisotopic (exact) mass is 540 g/mol. The van der Waals surface area contributed by atoms with Gasteiger partial charge in [0.1, 0.15) is 24.2 Å². The van der Waals surface area contributed by atoms with Crippen LogP contribution in [0.2, 0.25) is 0 Å². The van der Waals surface area contributed by atoms with Crippen LogP contribution in [0.15, 0.2) is 18.2 Å². The molecule has 0 aromatic heterocycles. The zero-order valence-electron chi connectivity index (χ0n) is 22.6. The predicted molar refractivity (Wildman–Crippen MR) is 130 cm³/mol. The predicted octanol–water partition coefficient (Wildman–Crippen LogP) is 2.13. The van der Waals surface area contributed by atoms with Crippen molar-refractivity contribution in [3.63, 3.8) is 0 Å². The first-order valence-electron chi connectivity index (χ1n) is 12.2. The smallest absolute Gasteiger partial charge is 0.303 e. The number of carbonyl (C=O) groups excluding carboxylic acids is 4. The first-order valence-corrected chi connectivity index (χ1v) is 12.2. The van der Waals surface area contributed by atoms with Crippen LogP contribution in [0.5, 0.6) is 11.5 Å². The van der Waals surface area contributed by atoms with Crippen molar-refractivity contribution in [1.29, 1.82) is 0 Å². The number of ether oxygens (including phenoxy) is 8. The van der Waals surface area contributed by atoms with Crippen molar-refractivity contribution >= 4 is 23.9 Å². The normalized spacial score (nSPS) is 22.6. The van der Waals surface area contributed by atoms with E-state index in [0.29, 0.717) is 17.9 Å². The third-order valence-electron chi connectivity index (χ3n) is 5.50. The van der Waals surface area contributed by atoms with E-state index in [1.54, 1.807) is 20.3 Å². The highest BCUT2D eigenvalue weighted by molar-refractivity contribution is 5.68. The maximum Gasteiger partial charge on any atom is 0.303 e. The lowest BCUT2D eigenvalue weighted by atomic mass is 9.98. The fourth-order valence-electron chi connectivity index (χ4n) is 3.96. The number of carbonyl (C=O) groups is 4. The number of aryl methyl sites for hydroxylation is 1. The summed E-state index contributed by atoms with van der Waals surface area (Å²) in [5, 5.41) is 0. The van der Waals surface area contributed by atoms with Crippen molar-refractivity contribution in [2.45, 2.75) is 77.7 Å². The largest absolute Gasteiger partial charge is 0.497 e. The number of benzene rings is 1. The van der Waals surface area contributed by atoms with Gasteiger partial charge in [-0.2, -0.15) is 0 Å². The van der Waals surface area contributed by atoms with E-state index < -0.39 is 54.6 Å². The number of hydrogen-bond donors (Lipinski definition) is 0. The van der Waals surface area contributed by atoms with E-state index in [0.717, 1.165) is 32.3 Å². The third-order valence-corrected chi connectivity index (χ3v) is 5.50. The molecule has 2 rings (SSSR count). The molecule has 38 heavy (non-hydrogen) atoms. The SMILES string of the molecule is COc1cc(CCCCOC2OC(COC(C)=O)C(OC(C)=O)C(OC(C)=O)C2OC(C)=O)cc(OC)c1. The standard InChI is InChI=1S/C26H36O12/c1-15(27)34-14-22-23(35-16(2)28)24(36-17(3)29)25(37-18(4)30)26(38-22)33-10-8-7-9-19-11-20(31-5)13-21(12-19)32-6/h11-13,22-26H,7-10,14H2,1-6H3. The van der Waals surface area contributed by atoms with Crippen molar-refractivity contribution in [3.8, 4) is 11.5 Å². The Morgan fingerprint density at radius 3 is 1.82 bits per heavy atom. The highest BCUT2D eigenvalue weighted by atomic mass is 16.7. The molecule has 1 aromatic rings. The quantitative estimate of drug-likeness (QED) is 0.205. The molecular weight excluding hydrogens is 504 g/mol. The zero-order chi connectivity index (χ0) is 28.2. The minimum atomic E-state index is -1.26. The summed E-state index contributed by atoms with van der Waals surface area (Å²) in [6, 6.07) is 5.63. The van der Waals surface area contributed by atoms with Gasteiger partial charge in [-0.1, -0.05) is 0 Å². The lowest BCUT2D eigenvalue weighted by Crippen LogP contribution is -2.63. The van der Waals surface area contributed by atoms with Crippen LogP contribution in [-0.4, -0.2) is 82.0 Å². The molecule has 1 aliphatic rings. The van der Waals surface area contributed by atoms with Crippen LogP contribution < -0.4 is 9.47 Å². The summed E-state index contributed by atoms with van der Waals surface area (Å²) < 4.78 is 43.6. The summed E-state index contributed by atoms with van der Waals surface area (Å²) in [5.41, 5.74) is 1.02. The van der Waals surface area contributed by atoms with Gasteiger partial charge in [-0.05, 0) is 37.0 Å². The van der Waals surface area contributed by atoms with Crippen LogP contribution in [0.25, 0.3) is 0 Å². The Kier molecular flexibility index (Phi) is 12.3. The lowest BCUT2D eigenvalue weighted by Gasteiger charge is -2.44. The Labute approximate surface area is 221 Å². The Balaban J connectivity index is 2.14. The van der Waals surface area contributed by atoms with E-state index in [2.05, 4.69) is 0 Å². The number of esters is 4. The first kappa shape index (κ1) is 30.8. The van der Waals surface area contributed by atoms with Crippen molar-refractivity contribution in [3.05, 3.63) is 23.8 Å². The minimum Gasteiger partial charge on any atom is -0.497 e. The Morgan fingerprint density at radius 1 is 0.737 bits per heavy atom. The number of unbranched alkanes of at least 4 members (excludes halogenated alkanes) is 1. The Morgan fingerprint density at radius 2 is 1.29 bits per heavy atom. The van der Waals surface area contributed by atoms with Crippen LogP contribution in [-0.2, 0) is 54.0 Å². The van der Waals surface area contributed by atoms with Gasteiger partial charge in [-0.25, -0.2) is 0 Å². The average molecular weight is 541 g/mol. The molecular formula is C26H36O12. The van der Waals surface area contributed by atoms with Crippen molar-refractivity contribution in [2.24, 2.45) is 0 Å². The summed E-state index contributed by atoms with van der Waals surface area (Å²) in [6.07, 6.45) is -3.90. The summed E-state index contributed by atoms with van der Waals surface area (Å²) in [7, 11) is 3.17. The van der Waals surface area contributed by atoms with Gasteiger partial charge in [0.2, 0.25) is 0 Å². The second-order valence-electron chi connectivity index (χ2n) is 8.62. The summed E-state index contributed by atoms with van der Waals surface area (Å²) in [5.74, 6) is -1.30. The van der Waals surface area contributed by atoms with Gasteiger partial charge in [0.05, 0.1) is 14.2 Å². The van der Waals surface area contributed by atoms with Gasteiger partial charge < -0.3 is 37.9 Å². The van der Waals surface area contributed by atoms with Gasteiger partial charge in [0.15, 0.2) is 24.6 Å². The van der Waals surface area contributed by atoms with E-state index in [1.165, 1.54) is 13.8 Å². The summed E-state index contributed by atoms with van der Waals surface area (Å²) in [4.78, 5) is 47.0. The molecule has 5 atom stereocenters. The maximum atomic E-state index is 11.9. The zero-order valence-corrected chi connectivity index (χ0v) is 22.6. The van der Waals surface area contributed by atoms with Crippen molar-refractivity contribution in [1.82, 2.24) is 0 Å². The van der Waals surface area contributed by atoms with E-state index in [9.17, 15) is 19.2 Å². The van der Waals surface area contributed by atoms with Crippen molar-refractivity contribution in [2.75, 3.05) is 27.4 Å². The van der Waals surface area contributed by atoms with Gasteiger partial charge in [-0.3, -0.25) is 19.2 Å². The molecule has 1 fully saturated rings. The minimum absolute atomic E-state index is 0.203. The van der Waals surface area contributed by atoms with Crippen LogP contribution in [0, 0.1) is 0 Å².